The number of thiophene rings is 1. The summed E-state index contributed by atoms with van der Waals surface area (Å²) in [6.07, 6.45) is 2.36. The van der Waals surface area contributed by atoms with Crippen LogP contribution < -0.4 is 0 Å². The van der Waals surface area contributed by atoms with Gasteiger partial charge >= 0.3 is 0 Å². The van der Waals surface area contributed by atoms with E-state index in [4.69, 9.17) is 0 Å². The number of hydrogen-bond donors (Lipinski definition) is 0. The monoisotopic (exact) mass is 460 g/mol. The molecule has 1 atom stereocenters. The van der Waals surface area contributed by atoms with Gasteiger partial charge in [-0.25, -0.2) is 0 Å². The molecule has 0 aliphatic heterocycles. The number of carbonyl (C=O) groups is 2. The van der Waals surface area contributed by atoms with Crippen LogP contribution in [0.15, 0.2) is 85.5 Å². The van der Waals surface area contributed by atoms with Crippen molar-refractivity contribution < 1.29 is 9.59 Å². The van der Waals surface area contributed by atoms with Gasteiger partial charge in [-0.3, -0.25) is 9.59 Å². The maximum atomic E-state index is 13.5. The van der Waals surface area contributed by atoms with E-state index >= 15 is 0 Å². The Balaban J connectivity index is 1.80. The van der Waals surface area contributed by atoms with Gasteiger partial charge < -0.3 is 9.80 Å². The van der Waals surface area contributed by atoms with Crippen molar-refractivity contribution in [3.63, 3.8) is 0 Å². The van der Waals surface area contributed by atoms with Crippen LogP contribution in [0.2, 0.25) is 0 Å². The van der Waals surface area contributed by atoms with E-state index in [1.54, 1.807) is 22.3 Å². The maximum Gasteiger partial charge on any atom is 0.242 e. The van der Waals surface area contributed by atoms with E-state index in [0.717, 1.165) is 16.0 Å². The lowest BCUT2D eigenvalue weighted by Crippen LogP contribution is -2.44. The second-order valence-electron chi connectivity index (χ2n) is 8.13. The molecule has 1 heterocycles. The van der Waals surface area contributed by atoms with Gasteiger partial charge in [-0.1, -0.05) is 73.7 Å². The van der Waals surface area contributed by atoms with Crippen LogP contribution in [-0.2, 0) is 22.7 Å². The highest BCUT2D eigenvalue weighted by Gasteiger charge is 2.27. The molecular weight excluding hydrogens is 428 g/mol. The highest BCUT2D eigenvalue weighted by molar-refractivity contribution is 7.11. The fourth-order valence-corrected chi connectivity index (χ4v) is 4.81. The Bertz CT molecular complexity index is 1050. The van der Waals surface area contributed by atoms with E-state index < -0.39 is 0 Å². The summed E-state index contributed by atoms with van der Waals surface area (Å²) in [4.78, 5) is 32.8. The molecule has 1 aromatic heterocycles. The zero-order valence-electron chi connectivity index (χ0n) is 19.4. The summed E-state index contributed by atoms with van der Waals surface area (Å²) < 4.78 is 0. The summed E-state index contributed by atoms with van der Waals surface area (Å²) in [6.45, 7) is 9.28. The van der Waals surface area contributed by atoms with Crippen molar-refractivity contribution in [1.82, 2.24) is 9.80 Å². The summed E-state index contributed by atoms with van der Waals surface area (Å²) >= 11 is 1.69. The lowest BCUT2D eigenvalue weighted by Gasteiger charge is -2.29. The molecule has 0 radical (unpaired) electrons. The third-order valence-electron chi connectivity index (χ3n) is 5.61. The van der Waals surface area contributed by atoms with Gasteiger partial charge in [0.2, 0.25) is 11.8 Å². The Hall–Kier alpha value is -3.18. The molecule has 0 spiro atoms. The molecule has 33 heavy (non-hydrogen) atoms. The molecule has 2 aromatic carbocycles. The highest BCUT2D eigenvalue weighted by atomic mass is 32.1. The topological polar surface area (TPSA) is 40.6 Å². The number of carbonyl (C=O) groups excluding carboxylic acids is 2. The molecule has 1 unspecified atom stereocenters. The van der Waals surface area contributed by atoms with Crippen LogP contribution in [-0.4, -0.2) is 34.7 Å². The molecule has 0 fully saturated rings. The average Bonchev–Trinajstić information content (AvgIpc) is 3.24. The van der Waals surface area contributed by atoms with Crippen LogP contribution in [0, 0.1) is 6.92 Å². The van der Waals surface area contributed by atoms with Gasteiger partial charge in [0.05, 0.1) is 12.5 Å². The third-order valence-corrected chi connectivity index (χ3v) is 6.59. The zero-order valence-corrected chi connectivity index (χ0v) is 20.3. The minimum absolute atomic E-state index is 0.0331. The van der Waals surface area contributed by atoms with E-state index in [0.29, 0.717) is 26.1 Å². The second kappa shape index (κ2) is 12.2. The van der Waals surface area contributed by atoms with Crippen molar-refractivity contribution in [1.29, 1.82) is 0 Å². The quantitative estimate of drug-likeness (QED) is 0.340. The molecule has 0 N–H and O–H groups in total. The summed E-state index contributed by atoms with van der Waals surface area (Å²) in [5.41, 5.74) is 2.04. The van der Waals surface area contributed by atoms with Crippen molar-refractivity contribution in [2.45, 2.75) is 39.3 Å². The fourth-order valence-electron chi connectivity index (χ4n) is 3.90. The first-order valence-electron chi connectivity index (χ1n) is 11.3. The normalized spacial score (nSPS) is 11.6. The summed E-state index contributed by atoms with van der Waals surface area (Å²) in [5.74, 6) is -0.381. The van der Waals surface area contributed by atoms with E-state index in [-0.39, 0.29) is 24.3 Å². The van der Waals surface area contributed by atoms with Crippen LogP contribution in [0.1, 0.15) is 40.1 Å². The van der Waals surface area contributed by atoms with Crippen molar-refractivity contribution in [3.8, 4) is 0 Å². The fraction of sp³-hybridized carbons (Fsp3) is 0.286. The number of nitrogens with zero attached hydrogens (tertiary/aromatic N) is 2. The molecular formula is C28H32N2O2S. The van der Waals surface area contributed by atoms with Crippen LogP contribution in [0.5, 0.6) is 0 Å². The van der Waals surface area contributed by atoms with Gasteiger partial charge in [0.15, 0.2) is 0 Å². The van der Waals surface area contributed by atoms with Crippen molar-refractivity contribution >= 4 is 23.2 Å². The minimum atomic E-state index is -0.276. The van der Waals surface area contributed by atoms with Crippen LogP contribution in [0.4, 0.5) is 0 Å². The Morgan fingerprint density at radius 3 is 2.18 bits per heavy atom. The van der Waals surface area contributed by atoms with E-state index in [1.165, 1.54) is 4.88 Å². The molecule has 4 nitrogen and oxygen atoms in total. The summed E-state index contributed by atoms with van der Waals surface area (Å²) in [6, 6.07) is 23.9. The average molecular weight is 461 g/mol. The Kier molecular flexibility index (Phi) is 9.02. The van der Waals surface area contributed by atoms with Gasteiger partial charge in [0.25, 0.3) is 0 Å². The summed E-state index contributed by atoms with van der Waals surface area (Å²) in [7, 11) is 0. The highest BCUT2D eigenvalue weighted by Crippen LogP contribution is 2.23. The Morgan fingerprint density at radius 2 is 1.61 bits per heavy atom. The molecule has 0 saturated heterocycles. The van der Waals surface area contributed by atoms with Gasteiger partial charge in [0.1, 0.15) is 6.54 Å². The van der Waals surface area contributed by atoms with Gasteiger partial charge in [-0.2, -0.15) is 0 Å². The first-order chi connectivity index (χ1) is 16.0. The Morgan fingerprint density at radius 1 is 0.939 bits per heavy atom. The number of benzene rings is 2. The number of rotatable bonds is 11. The third kappa shape index (κ3) is 6.90. The molecule has 0 bridgehead atoms. The smallest absolute Gasteiger partial charge is 0.242 e. The molecule has 2 amide bonds. The van der Waals surface area contributed by atoms with E-state index in [2.05, 4.69) is 25.6 Å². The van der Waals surface area contributed by atoms with Crippen LogP contribution >= 0.6 is 11.3 Å². The number of aryl methyl sites for hydroxylation is 1. The predicted octanol–water partition coefficient (Wildman–Crippen LogP) is 5.79. The molecule has 5 heteroatoms. The molecule has 0 aliphatic carbocycles. The van der Waals surface area contributed by atoms with Crippen molar-refractivity contribution in [2.24, 2.45) is 0 Å². The molecule has 0 aliphatic rings. The molecule has 0 saturated carbocycles. The molecule has 172 valence electrons. The SMILES string of the molecule is C=CCN(CC(=O)N(Cc1ccccc1)Cc1ccc(C)s1)C(=O)C(CC)c1ccccc1. The largest absolute Gasteiger partial charge is 0.332 e. The second-order valence-corrected chi connectivity index (χ2v) is 9.50. The lowest BCUT2D eigenvalue weighted by molar-refractivity contribution is -0.141. The van der Waals surface area contributed by atoms with Crippen LogP contribution in [0.3, 0.4) is 0 Å². The molecule has 3 aromatic rings. The number of hydrogen-bond acceptors (Lipinski definition) is 3. The molecule has 3 rings (SSSR count). The predicted molar refractivity (Wildman–Crippen MR) is 136 cm³/mol. The minimum Gasteiger partial charge on any atom is -0.332 e. The standard InChI is InChI=1S/C28H32N2O2S/c1-4-18-29(28(32)26(5-2)24-14-10-7-11-15-24)21-27(31)30(19-23-12-8-6-9-13-23)20-25-17-16-22(3)33-25/h4,6-17,26H,1,5,18-21H2,2-3H3. The Labute approximate surface area is 201 Å². The maximum absolute atomic E-state index is 13.5. The van der Waals surface area contributed by atoms with Gasteiger partial charge in [-0.15, -0.1) is 17.9 Å². The number of amides is 2. The van der Waals surface area contributed by atoms with E-state index in [1.807, 2.05) is 72.5 Å². The summed E-state index contributed by atoms with van der Waals surface area (Å²) in [5, 5.41) is 0. The van der Waals surface area contributed by atoms with Crippen LogP contribution in [0.25, 0.3) is 0 Å². The zero-order chi connectivity index (χ0) is 23.6. The lowest BCUT2D eigenvalue weighted by atomic mass is 9.95. The van der Waals surface area contributed by atoms with E-state index in [9.17, 15) is 9.59 Å². The van der Waals surface area contributed by atoms with Crippen molar-refractivity contribution in [3.05, 3.63) is 106 Å². The first-order valence-corrected chi connectivity index (χ1v) is 12.1. The first kappa shape index (κ1) is 24.5. The van der Waals surface area contributed by atoms with Gasteiger partial charge in [-0.05, 0) is 36.6 Å². The van der Waals surface area contributed by atoms with Gasteiger partial charge in [0, 0.05) is 22.8 Å². The van der Waals surface area contributed by atoms with Crippen molar-refractivity contribution in [2.75, 3.05) is 13.1 Å².